The Hall–Kier alpha value is -3.18. The van der Waals surface area contributed by atoms with Crippen molar-refractivity contribution in [3.8, 4) is 11.3 Å². The van der Waals surface area contributed by atoms with Crippen molar-refractivity contribution in [1.82, 2.24) is 9.97 Å². The third-order valence-corrected chi connectivity index (χ3v) is 4.83. The van der Waals surface area contributed by atoms with Crippen LogP contribution in [0.3, 0.4) is 0 Å². The molecule has 2 aromatic carbocycles. The second kappa shape index (κ2) is 7.68. The molecule has 5 nitrogen and oxygen atoms in total. The molecule has 0 amide bonds. The maximum absolute atomic E-state index is 6.22. The van der Waals surface area contributed by atoms with Gasteiger partial charge >= 0.3 is 0 Å². The number of rotatable bonds is 3. The molecule has 6 heteroatoms. The topological polar surface area (TPSA) is 63.3 Å². The lowest BCUT2D eigenvalue weighted by molar-refractivity contribution is 0.617. The van der Waals surface area contributed by atoms with Gasteiger partial charge < -0.3 is 4.42 Å². The van der Waals surface area contributed by atoms with Gasteiger partial charge in [-0.1, -0.05) is 17.7 Å². The molecule has 0 atom stereocenters. The molecule has 0 saturated carbocycles. The van der Waals surface area contributed by atoms with Crippen LogP contribution in [0, 0.1) is 27.7 Å². The van der Waals surface area contributed by atoms with Crippen LogP contribution < -0.4 is 10.8 Å². The van der Waals surface area contributed by atoms with Crippen molar-refractivity contribution >= 4 is 28.5 Å². The number of fused-ring (bicyclic) bond motifs is 1. The van der Waals surface area contributed by atoms with Crippen LogP contribution in [0.2, 0.25) is 5.02 Å². The van der Waals surface area contributed by atoms with Crippen LogP contribution in [0.25, 0.3) is 22.3 Å². The molecular formula is C23H21ClN4O. The quantitative estimate of drug-likeness (QED) is 0.444. The van der Waals surface area contributed by atoms with Crippen LogP contribution in [0.1, 0.15) is 22.5 Å². The Morgan fingerprint density at radius 1 is 0.897 bits per heavy atom. The highest BCUT2D eigenvalue weighted by molar-refractivity contribution is 6.30. The number of aryl methyl sites for hydroxylation is 4. The molecule has 0 aliphatic rings. The molecule has 0 fully saturated rings. The molecule has 0 bridgehead atoms. The molecule has 0 aliphatic heterocycles. The van der Waals surface area contributed by atoms with Crippen molar-refractivity contribution in [3.05, 3.63) is 81.4 Å². The van der Waals surface area contributed by atoms with Crippen molar-refractivity contribution in [3.63, 3.8) is 0 Å². The Balaban J connectivity index is 1.91. The van der Waals surface area contributed by atoms with Crippen LogP contribution in [0.5, 0.6) is 0 Å². The zero-order chi connectivity index (χ0) is 20.5. The maximum atomic E-state index is 6.22. The van der Waals surface area contributed by atoms with Gasteiger partial charge in [-0.05, 0) is 75.2 Å². The van der Waals surface area contributed by atoms with Crippen molar-refractivity contribution in [1.29, 1.82) is 0 Å². The monoisotopic (exact) mass is 404 g/mol. The third-order valence-electron chi connectivity index (χ3n) is 4.57. The number of aromatic nitrogens is 2. The predicted molar refractivity (Wildman–Crippen MR) is 117 cm³/mol. The second-order valence-electron chi connectivity index (χ2n) is 7.16. The van der Waals surface area contributed by atoms with Gasteiger partial charge in [0, 0.05) is 33.4 Å². The number of nitrogens with zero attached hydrogens (tertiary/aromatic N) is 3. The predicted octanol–water partition coefficient (Wildman–Crippen LogP) is 5.70. The SMILES string of the molecule is Cc1cc(C)c2/c(=N\Nc3nc(C)cc(C)n3)cc(-c3ccc(Cl)cc3)oc2c1. The number of hydrogen-bond donors (Lipinski definition) is 1. The highest BCUT2D eigenvalue weighted by Gasteiger charge is 2.09. The van der Waals surface area contributed by atoms with Crippen LogP contribution >= 0.6 is 11.6 Å². The number of halogens is 1. The van der Waals surface area contributed by atoms with Crippen LogP contribution in [-0.4, -0.2) is 9.97 Å². The van der Waals surface area contributed by atoms with Gasteiger partial charge in [-0.25, -0.2) is 15.4 Å². The molecule has 2 aromatic heterocycles. The van der Waals surface area contributed by atoms with Crippen LogP contribution in [-0.2, 0) is 0 Å². The van der Waals surface area contributed by atoms with Gasteiger partial charge in [-0.2, -0.15) is 5.10 Å². The van der Waals surface area contributed by atoms with E-state index < -0.39 is 0 Å². The lowest BCUT2D eigenvalue weighted by Crippen LogP contribution is -2.10. The maximum Gasteiger partial charge on any atom is 0.243 e. The summed E-state index contributed by atoms with van der Waals surface area (Å²) < 4.78 is 6.22. The molecule has 29 heavy (non-hydrogen) atoms. The first-order valence-electron chi connectivity index (χ1n) is 9.32. The number of anilines is 1. The van der Waals surface area contributed by atoms with Crippen molar-refractivity contribution in [2.75, 3.05) is 5.43 Å². The zero-order valence-corrected chi connectivity index (χ0v) is 17.5. The molecule has 4 aromatic rings. The van der Waals surface area contributed by atoms with Crippen molar-refractivity contribution in [2.45, 2.75) is 27.7 Å². The summed E-state index contributed by atoms with van der Waals surface area (Å²) in [7, 11) is 0. The molecule has 4 rings (SSSR count). The van der Waals surface area contributed by atoms with E-state index in [0.717, 1.165) is 44.4 Å². The minimum atomic E-state index is 0.467. The number of hydrogen-bond acceptors (Lipinski definition) is 5. The summed E-state index contributed by atoms with van der Waals surface area (Å²) in [6, 6.07) is 15.5. The normalized spacial score (nSPS) is 11.8. The molecule has 0 aliphatic carbocycles. The summed E-state index contributed by atoms with van der Waals surface area (Å²) in [4.78, 5) is 8.80. The van der Waals surface area contributed by atoms with Crippen molar-refractivity contribution < 1.29 is 4.42 Å². The largest absolute Gasteiger partial charge is 0.456 e. The fourth-order valence-electron chi connectivity index (χ4n) is 3.41. The van der Waals surface area contributed by atoms with E-state index in [1.54, 1.807) is 0 Å². The Bertz CT molecular complexity index is 1260. The summed E-state index contributed by atoms with van der Waals surface area (Å²) in [5, 5.41) is 7.01. The lowest BCUT2D eigenvalue weighted by atomic mass is 10.1. The van der Waals surface area contributed by atoms with Gasteiger partial charge in [0.1, 0.15) is 11.3 Å². The molecule has 0 radical (unpaired) electrons. The van der Waals surface area contributed by atoms with E-state index in [2.05, 4.69) is 40.4 Å². The number of benzene rings is 2. The lowest BCUT2D eigenvalue weighted by Gasteiger charge is -2.09. The highest BCUT2D eigenvalue weighted by atomic mass is 35.5. The molecular weight excluding hydrogens is 384 g/mol. The molecule has 0 spiro atoms. The first-order valence-corrected chi connectivity index (χ1v) is 9.70. The summed E-state index contributed by atoms with van der Waals surface area (Å²) in [5.74, 6) is 1.18. The molecule has 2 heterocycles. The Morgan fingerprint density at radius 2 is 1.59 bits per heavy atom. The Labute approximate surface area is 174 Å². The van der Waals surface area contributed by atoms with Gasteiger partial charge in [-0.3, -0.25) is 0 Å². The van der Waals surface area contributed by atoms with E-state index in [9.17, 15) is 0 Å². The summed E-state index contributed by atoms with van der Waals surface area (Å²) in [6.45, 7) is 7.97. The molecule has 0 saturated heterocycles. The highest BCUT2D eigenvalue weighted by Crippen LogP contribution is 2.26. The fourth-order valence-corrected chi connectivity index (χ4v) is 3.54. The first kappa shape index (κ1) is 19.2. The van der Waals surface area contributed by atoms with E-state index >= 15 is 0 Å². The summed E-state index contributed by atoms with van der Waals surface area (Å²) in [5.41, 5.74) is 8.70. The van der Waals surface area contributed by atoms with E-state index in [4.69, 9.17) is 16.0 Å². The van der Waals surface area contributed by atoms with Crippen LogP contribution in [0.4, 0.5) is 5.95 Å². The number of nitrogens with one attached hydrogen (secondary N) is 1. The summed E-state index contributed by atoms with van der Waals surface area (Å²) in [6.07, 6.45) is 0. The van der Waals surface area contributed by atoms with Gasteiger partial charge in [0.15, 0.2) is 0 Å². The first-order chi connectivity index (χ1) is 13.9. The molecule has 146 valence electrons. The van der Waals surface area contributed by atoms with E-state index in [1.165, 1.54) is 0 Å². The average Bonchev–Trinajstić information content (AvgIpc) is 2.65. The smallest absolute Gasteiger partial charge is 0.243 e. The standard InChI is InChI=1S/C23H21ClN4O/c1-13-9-14(2)22-19(27-28-23-25-15(3)11-16(4)26-23)12-20(29-21(22)10-13)17-5-7-18(24)8-6-17/h5-12H,1-4H3,(H,25,26,28)/b27-19-. The third kappa shape index (κ3) is 4.15. The Morgan fingerprint density at radius 3 is 2.28 bits per heavy atom. The van der Waals surface area contributed by atoms with Gasteiger partial charge in [-0.15, -0.1) is 0 Å². The second-order valence-corrected chi connectivity index (χ2v) is 7.59. The minimum absolute atomic E-state index is 0.467. The Kier molecular flexibility index (Phi) is 5.07. The molecule has 1 N–H and O–H groups in total. The van der Waals surface area contributed by atoms with E-state index in [1.807, 2.05) is 56.3 Å². The van der Waals surface area contributed by atoms with E-state index in [0.29, 0.717) is 16.7 Å². The van der Waals surface area contributed by atoms with Gasteiger partial charge in [0.2, 0.25) is 5.95 Å². The van der Waals surface area contributed by atoms with Crippen molar-refractivity contribution in [2.24, 2.45) is 5.10 Å². The average molecular weight is 405 g/mol. The minimum Gasteiger partial charge on any atom is -0.456 e. The van der Waals surface area contributed by atoms with Gasteiger partial charge in [0.25, 0.3) is 0 Å². The van der Waals surface area contributed by atoms with Crippen LogP contribution in [0.15, 0.2) is 58.0 Å². The fraction of sp³-hybridized carbons (Fsp3) is 0.174. The zero-order valence-electron chi connectivity index (χ0n) is 16.7. The molecule has 0 unspecified atom stereocenters. The van der Waals surface area contributed by atoms with Gasteiger partial charge in [0.05, 0.1) is 5.36 Å². The van der Waals surface area contributed by atoms with E-state index in [-0.39, 0.29) is 0 Å². The summed E-state index contributed by atoms with van der Waals surface area (Å²) >= 11 is 6.04.